The fraction of sp³-hybridized carbons (Fsp3) is 0.538. The SMILES string of the molecule is COCC(C)CNc1ccc(N(C)C)cc1. The molecule has 1 aromatic carbocycles. The number of hydrogen-bond donors (Lipinski definition) is 1. The van der Waals surface area contributed by atoms with Crippen LogP contribution in [-0.4, -0.2) is 34.4 Å². The van der Waals surface area contributed by atoms with Gasteiger partial charge in [0.1, 0.15) is 0 Å². The molecule has 0 saturated carbocycles. The summed E-state index contributed by atoms with van der Waals surface area (Å²) in [5, 5.41) is 3.40. The van der Waals surface area contributed by atoms with Gasteiger partial charge in [-0.1, -0.05) is 6.92 Å². The quantitative estimate of drug-likeness (QED) is 0.800. The van der Waals surface area contributed by atoms with Gasteiger partial charge in [0.15, 0.2) is 0 Å². The van der Waals surface area contributed by atoms with Gasteiger partial charge in [0.05, 0.1) is 6.61 Å². The molecule has 3 nitrogen and oxygen atoms in total. The standard InChI is InChI=1S/C13H22N2O/c1-11(10-16-4)9-14-12-5-7-13(8-6-12)15(2)3/h5-8,11,14H,9-10H2,1-4H3. The van der Waals surface area contributed by atoms with Gasteiger partial charge in [-0.25, -0.2) is 0 Å². The third kappa shape index (κ3) is 4.11. The lowest BCUT2D eigenvalue weighted by molar-refractivity contribution is 0.164. The van der Waals surface area contributed by atoms with E-state index < -0.39 is 0 Å². The Kier molecular flexibility index (Phi) is 5.12. The topological polar surface area (TPSA) is 24.5 Å². The van der Waals surface area contributed by atoms with Crippen molar-refractivity contribution >= 4 is 11.4 Å². The first kappa shape index (κ1) is 12.8. The van der Waals surface area contributed by atoms with Crippen LogP contribution in [0, 0.1) is 5.92 Å². The molecule has 0 aliphatic heterocycles. The first-order valence-electron chi connectivity index (χ1n) is 5.63. The summed E-state index contributed by atoms with van der Waals surface area (Å²) in [4.78, 5) is 2.09. The normalized spacial score (nSPS) is 12.2. The molecule has 1 rings (SSSR count). The molecular weight excluding hydrogens is 200 g/mol. The van der Waals surface area contributed by atoms with Crippen molar-refractivity contribution in [2.24, 2.45) is 5.92 Å². The van der Waals surface area contributed by atoms with Crippen LogP contribution >= 0.6 is 0 Å². The summed E-state index contributed by atoms with van der Waals surface area (Å²) >= 11 is 0. The van der Waals surface area contributed by atoms with Crippen LogP contribution < -0.4 is 10.2 Å². The molecule has 0 bridgehead atoms. The van der Waals surface area contributed by atoms with Gasteiger partial charge in [0.25, 0.3) is 0 Å². The lowest BCUT2D eigenvalue weighted by Crippen LogP contribution is -2.15. The van der Waals surface area contributed by atoms with Crippen LogP contribution in [0.2, 0.25) is 0 Å². The molecule has 90 valence electrons. The number of anilines is 2. The third-order valence-corrected chi connectivity index (χ3v) is 2.49. The third-order valence-electron chi connectivity index (χ3n) is 2.49. The predicted molar refractivity (Wildman–Crippen MR) is 70.3 cm³/mol. The van der Waals surface area contributed by atoms with Crippen LogP contribution in [0.3, 0.4) is 0 Å². The average Bonchev–Trinajstić information content (AvgIpc) is 2.27. The summed E-state index contributed by atoms with van der Waals surface area (Å²) < 4.78 is 5.10. The van der Waals surface area contributed by atoms with Crippen LogP contribution in [0.5, 0.6) is 0 Å². The zero-order valence-corrected chi connectivity index (χ0v) is 10.7. The fourth-order valence-corrected chi connectivity index (χ4v) is 1.51. The Morgan fingerprint density at radius 1 is 1.25 bits per heavy atom. The van der Waals surface area contributed by atoms with Crippen molar-refractivity contribution in [2.45, 2.75) is 6.92 Å². The molecule has 0 aromatic heterocycles. The second kappa shape index (κ2) is 6.38. The van der Waals surface area contributed by atoms with E-state index in [4.69, 9.17) is 4.74 Å². The largest absolute Gasteiger partial charge is 0.385 e. The Labute approximate surface area is 98.4 Å². The second-order valence-electron chi connectivity index (χ2n) is 4.38. The van der Waals surface area contributed by atoms with E-state index in [1.807, 2.05) is 14.1 Å². The lowest BCUT2D eigenvalue weighted by atomic mass is 10.2. The molecule has 3 heteroatoms. The molecule has 0 spiro atoms. The smallest absolute Gasteiger partial charge is 0.0504 e. The maximum atomic E-state index is 5.10. The molecule has 0 aliphatic carbocycles. The van der Waals surface area contributed by atoms with Gasteiger partial charge in [-0.3, -0.25) is 0 Å². The van der Waals surface area contributed by atoms with Crippen LogP contribution in [-0.2, 0) is 4.74 Å². The fourth-order valence-electron chi connectivity index (χ4n) is 1.51. The van der Waals surface area contributed by atoms with E-state index in [9.17, 15) is 0 Å². The van der Waals surface area contributed by atoms with Crippen LogP contribution in [0.25, 0.3) is 0 Å². The van der Waals surface area contributed by atoms with Gasteiger partial charge in [0.2, 0.25) is 0 Å². The van der Waals surface area contributed by atoms with Crippen molar-refractivity contribution in [1.29, 1.82) is 0 Å². The minimum Gasteiger partial charge on any atom is -0.385 e. The first-order chi connectivity index (χ1) is 7.63. The Balaban J connectivity index is 2.43. The predicted octanol–water partition coefficient (Wildman–Crippen LogP) is 2.45. The summed E-state index contributed by atoms with van der Waals surface area (Å²) in [5.41, 5.74) is 2.38. The summed E-state index contributed by atoms with van der Waals surface area (Å²) in [6, 6.07) is 8.44. The van der Waals surface area contributed by atoms with Gasteiger partial charge < -0.3 is 15.0 Å². The first-order valence-corrected chi connectivity index (χ1v) is 5.63. The molecule has 0 radical (unpaired) electrons. The number of nitrogens with one attached hydrogen (secondary N) is 1. The molecular formula is C13H22N2O. The Morgan fingerprint density at radius 2 is 1.88 bits per heavy atom. The molecule has 0 fully saturated rings. The highest BCUT2D eigenvalue weighted by atomic mass is 16.5. The number of methoxy groups -OCH3 is 1. The molecule has 1 atom stereocenters. The zero-order valence-electron chi connectivity index (χ0n) is 10.7. The number of ether oxygens (including phenoxy) is 1. The number of benzene rings is 1. The van der Waals surface area contributed by atoms with E-state index in [0.717, 1.165) is 18.8 Å². The van der Waals surface area contributed by atoms with E-state index in [1.54, 1.807) is 7.11 Å². The maximum Gasteiger partial charge on any atom is 0.0504 e. The van der Waals surface area contributed by atoms with E-state index in [0.29, 0.717) is 5.92 Å². The number of hydrogen-bond acceptors (Lipinski definition) is 3. The van der Waals surface area contributed by atoms with Crippen molar-refractivity contribution in [3.05, 3.63) is 24.3 Å². The molecule has 0 saturated heterocycles. The molecule has 1 aromatic rings. The minimum atomic E-state index is 0.526. The van der Waals surface area contributed by atoms with E-state index in [-0.39, 0.29) is 0 Å². The maximum absolute atomic E-state index is 5.10. The van der Waals surface area contributed by atoms with E-state index in [2.05, 4.69) is 41.4 Å². The molecule has 1 unspecified atom stereocenters. The number of nitrogens with zero attached hydrogens (tertiary/aromatic N) is 1. The number of rotatable bonds is 6. The van der Waals surface area contributed by atoms with Gasteiger partial charge in [-0.2, -0.15) is 0 Å². The monoisotopic (exact) mass is 222 g/mol. The summed E-state index contributed by atoms with van der Waals surface area (Å²) in [5.74, 6) is 0.526. The molecule has 0 heterocycles. The van der Waals surface area contributed by atoms with Crippen molar-refractivity contribution in [2.75, 3.05) is 44.6 Å². The summed E-state index contributed by atoms with van der Waals surface area (Å²) in [6.45, 7) is 3.91. The highest BCUT2D eigenvalue weighted by Crippen LogP contribution is 2.15. The molecule has 0 aliphatic rings. The van der Waals surface area contributed by atoms with Gasteiger partial charge in [-0.05, 0) is 30.2 Å². The average molecular weight is 222 g/mol. The van der Waals surface area contributed by atoms with Gasteiger partial charge in [0, 0.05) is 39.1 Å². The van der Waals surface area contributed by atoms with E-state index in [1.165, 1.54) is 5.69 Å². The van der Waals surface area contributed by atoms with Crippen molar-refractivity contribution < 1.29 is 4.74 Å². The van der Waals surface area contributed by atoms with Gasteiger partial charge >= 0.3 is 0 Å². The Morgan fingerprint density at radius 3 is 2.38 bits per heavy atom. The second-order valence-corrected chi connectivity index (χ2v) is 4.38. The molecule has 1 N–H and O–H groups in total. The van der Waals surface area contributed by atoms with Crippen LogP contribution in [0.15, 0.2) is 24.3 Å². The lowest BCUT2D eigenvalue weighted by Gasteiger charge is -2.15. The summed E-state index contributed by atoms with van der Waals surface area (Å²) in [6.07, 6.45) is 0. The highest BCUT2D eigenvalue weighted by molar-refractivity contribution is 5.54. The Hall–Kier alpha value is -1.22. The van der Waals surface area contributed by atoms with Crippen molar-refractivity contribution in [3.63, 3.8) is 0 Å². The van der Waals surface area contributed by atoms with Crippen molar-refractivity contribution in [1.82, 2.24) is 0 Å². The van der Waals surface area contributed by atoms with Crippen LogP contribution in [0.1, 0.15) is 6.92 Å². The zero-order chi connectivity index (χ0) is 12.0. The molecule has 0 amide bonds. The van der Waals surface area contributed by atoms with E-state index >= 15 is 0 Å². The highest BCUT2D eigenvalue weighted by Gasteiger charge is 2.01. The van der Waals surface area contributed by atoms with Crippen molar-refractivity contribution in [3.8, 4) is 0 Å². The van der Waals surface area contributed by atoms with Crippen LogP contribution in [0.4, 0.5) is 11.4 Å². The minimum absolute atomic E-state index is 0.526. The molecule has 16 heavy (non-hydrogen) atoms. The van der Waals surface area contributed by atoms with Gasteiger partial charge in [-0.15, -0.1) is 0 Å². The summed E-state index contributed by atoms with van der Waals surface area (Å²) in [7, 11) is 5.83. The Bertz CT molecular complexity index is 295.